The average molecular weight is 559 g/mol. The molecule has 2 aromatic heterocycles. The van der Waals surface area contributed by atoms with Crippen LogP contribution in [0.1, 0.15) is 4.88 Å². The lowest BCUT2D eigenvalue weighted by atomic mass is 10.0. The molecule has 2 aliphatic rings. The molecular formula is C24H18N2O6S4. The maximum atomic E-state index is 12.8. The highest BCUT2D eigenvalue weighted by Gasteiger charge is 2.53. The fourth-order valence-electron chi connectivity index (χ4n) is 3.93. The Balaban J connectivity index is 1.30. The van der Waals surface area contributed by atoms with Crippen molar-refractivity contribution < 1.29 is 24.6 Å². The standard InChI is InChI=1S/C24H18N2O6S4/c27-13-3-4-15-16(28)10-19(36-17(15)8-13)34-7-5-12-11-35-23-20(22(30)26(23)21(12)24(31)32)25-18(29)9-14-2-1-6-33-14/h1-8,10,20,23,27H,9,11H2,(H,25,29)(H,31,32)/t20?,23-/m0/s1. The zero-order chi connectivity index (χ0) is 25.4. The van der Waals surface area contributed by atoms with Crippen LogP contribution in [0, 0.1) is 0 Å². The van der Waals surface area contributed by atoms with E-state index in [1.165, 1.54) is 69.3 Å². The van der Waals surface area contributed by atoms with Crippen LogP contribution >= 0.6 is 46.2 Å². The third-order valence-electron chi connectivity index (χ3n) is 5.58. The van der Waals surface area contributed by atoms with E-state index in [-0.39, 0.29) is 29.2 Å². The van der Waals surface area contributed by atoms with Crippen LogP contribution in [-0.4, -0.2) is 50.1 Å². The summed E-state index contributed by atoms with van der Waals surface area (Å²) < 4.78 is 1.33. The predicted molar refractivity (Wildman–Crippen MR) is 142 cm³/mol. The first-order valence-electron chi connectivity index (χ1n) is 10.6. The van der Waals surface area contributed by atoms with Crippen molar-refractivity contribution in [3.05, 3.63) is 79.6 Å². The van der Waals surface area contributed by atoms with E-state index in [1.807, 2.05) is 17.5 Å². The Morgan fingerprint density at radius 1 is 1.22 bits per heavy atom. The minimum absolute atomic E-state index is 0.0705. The molecular weight excluding hydrogens is 541 g/mol. The fraction of sp³-hybridized carbons (Fsp3) is 0.167. The van der Waals surface area contributed by atoms with Gasteiger partial charge in [-0.15, -0.1) is 34.4 Å². The number of carbonyl (C=O) groups is 3. The van der Waals surface area contributed by atoms with Crippen molar-refractivity contribution in [2.24, 2.45) is 0 Å². The molecule has 12 heteroatoms. The lowest BCUT2D eigenvalue weighted by molar-refractivity contribution is -0.150. The smallest absolute Gasteiger partial charge is 0.352 e. The Kier molecular flexibility index (Phi) is 6.93. The first kappa shape index (κ1) is 24.6. The molecule has 1 aromatic carbocycles. The van der Waals surface area contributed by atoms with Gasteiger partial charge in [-0.05, 0) is 46.7 Å². The van der Waals surface area contributed by atoms with E-state index in [0.717, 1.165) is 4.88 Å². The van der Waals surface area contributed by atoms with Gasteiger partial charge in [-0.2, -0.15) is 0 Å². The number of carboxylic acids is 1. The number of thiophene rings is 1. The SMILES string of the molecule is O=C(Cc1cccs1)NC1C(=O)N2C(C(=O)O)=C(C=CSc3cc(=O)c4ccc(O)cc4s3)CS[C@@H]12. The number of carboxylic acid groups (broad SMARTS) is 1. The maximum Gasteiger partial charge on any atom is 0.352 e. The number of nitrogens with zero attached hydrogens (tertiary/aromatic N) is 1. The lowest BCUT2D eigenvalue weighted by Gasteiger charge is -2.49. The van der Waals surface area contributed by atoms with Gasteiger partial charge in [0.1, 0.15) is 22.9 Å². The third kappa shape index (κ3) is 4.81. The normalized spacial score (nSPS) is 19.4. The molecule has 0 spiro atoms. The summed E-state index contributed by atoms with van der Waals surface area (Å²) in [4.78, 5) is 51.7. The van der Waals surface area contributed by atoms with Crippen LogP contribution in [0.5, 0.6) is 5.75 Å². The number of hydrogen-bond donors (Lipinski definition) is 3. The van der Waals surface area contributed by atoms with Crippen LogP contribution in [-0.2, 0) is 20.8 Å². The maximum absolute atomic E-state index is 12.8. The fourth-order valence-corrected chi connectivity index (χ4v) is 7.96. The van der Waals surface area contributed by atoms with Gasteiger partial charge >= 0.3 is 5.97 Å². The van der Waals surface area contributed by atoms with Crippen molar-refractivity contribution in [3.63, 3.8) is 0 Å². The van der Waals surface area contributed by atoms with Crippen molar-refractivity contribution in [3.8, 4) is 5.75 Å². The Morgan fingerprint density at radius 3 is 2.81 bits per heavy atom. The topological polar surface area (TPSA) is 124 Å². The number of allylic oxidation sites excluding steroid dienone is 1. The van der Waals surface area contributed by atoms with E-state index >= 15 is 0 Å². The summed E-state index contributed by atoms with van der Waals surface area (Å²) in [6, 6.07) is 9.01. The first-order chi connectivity index (χ1) is 17.3. The third-order valence-corrected chi connectivity index (χ3v) is 9.79. The number of aromatic hydroxyl groups is 1. The van der Waals surface area contributed by atoms with E-state index in [4.69, 9.17) is 0 Å². The van der Waals surface area contributed by atoms with Crippen LogP contribution in [0.2, 0.25) is 0 Å². The van der Waals surface area contributed by atoms with Crippen molar-refractivity contribution in [1.82, 2.24) is 10.2 Å². The van der Waals surface area contributed by atoms with Gasteiger partial charge in [0, 0.05) is 26.8 Å². The monoisotopic (exact) mass is 558 g/mol. The molecule has 1 fully saturated rings. The van der Waals surface area contributed by atoms with E-state index in [9.17, 15) is 29.4 Å². The quantitative estimate of drug-likeness (QED) is 0.297. The summed E-state index contributed by atoms with van der Waals surface area (Å²) in [6.07, 6.45) is 1.81. The number of aliphatic carboxylic acids is 1. The molecule has 2 amide bonds. The van der Waals surface area contributed by atoms with Crippen LogP contribution in [0.25, 0.3) is 10.1 Å². The van der Waals surface area contributed by atoms with E-state index < -0.39 is 23.3 Å². The highest BCUT2D eigenvalue weighted by Crippen LogP contribution is 2.41. The van der Waals surface area contributed by atoms with Crippen molar-refractivity contribution in [2.45, 2.75) is 22.0 Å². The molecule has 0 bridgehead atoms. The van der Waals surface area contributed by atoms with Crippen molar-refractivity contribution in [2.75, 3.05) is 5.75 Å². The number of amides is 2. The van der Waals surface area contributed by atoms with Crippen LogP contribution < -0.4 is 10.7 Å². The van der Waals surface area contributed by atoms with E-state index in [1.54, 1.807) is 17.6 Å². The second-order valence-electron chi connectivity index (χ2n) is 7.92. The molecule has 4 heterocycles. The molecule has 2 aliphatic heterocycles. The minimum Gasteiger partial charge on any atom is -0.508 e. The Morgan fingerprint density at radius 2 is 2.06 bits per heavy atom. The molecule has 3 N–H and O–H groups in total. The Bertz CT molecular complexity index is 1490. The first-order valence-corrected chi connectivity index (χ1v) is 14.3. The number of β-lactam (4-membered cyclic amide) rings is 1. The van der Waals surface area contributed by atoms with Gasteiger partial charge in [-0.1, -0.05) is 17.8 Å². The second kappa shape index (κ2) is 10.1. The van der Waals surface area contributed by atoms with Gasteiger partial charge in [0.25, 0.3) is 5.91 Å². The van der Waals surface area contributed by atoms with Gasteiger partial charge in [-0.3, -0.25) is 19.3 Å². The van der Waals surface area contributed by atoms with E-state index in [2.05, 4.69) is 5.32 Å². The van der Waals surface area contributed by atoms with Crippen molar-refractivity contribution >= 4 is 74.1 Å². The van der Waals surface area contributed by atoms with Gasteiger partial charge < -0.3 is 15.5 Å². The molecule has 36 heavy (non-hydrogen) atoms. The molecule has 184 valence electrons. The Labute approximate surface area is 221 Å². The summed E-state index contributed by atoms with van der Waals surface area (Å²) >= 11 is 5.44. The summed E-state index contributed by atoms with van der Waals surface area (Å²) in [5.41, 5.74) is 0.208. The number of phenolic OH excluding ortho intramolecular Hbond substituents is 1. The van der Waals surface area contributed by atoms with Crippen LogP contribution in [0.3, 0.4) is 0 Å². The summed E-state index contributed by atoms with van der Waals surface area (Å²) in [7, 11) is 0. The number of fused-ring (bicyclic) bond motifs is 2. The number of hydrogen-bond acceptors (Lipinski definition) is 9. The van der Waals surface area contributed by atoms with Gasteiger partial charge in [0.05, 0.1) is 10.6 Å². The van der Waals surface area contributed by atoms with Gasteiger partial charge in [0.15, 0.2) is 5.43 Å². The highest BCUT2D eigenvalue weighted by molar-refractivity contribution is 8.04. The molecule has 1 saturated heterocycles. The summed E-state index contributed by atoms with van der Waals surface area (Å²) in [6.45, 7) is 0. The molecule has 1 unspecified atom stereocenters. The van der Waals surface area contributed by atoms with Crippen LogP contribution in [0.4, 0.5) is 0 Å². The Hall–Kier alpha value is -3.06. The largest absolute Gasteiger partial charge is 0.508 e. The molecule has 2 atom stereocenters. The van der Waals surface area contributed by atoms with Gasteiger partial charge in [0.2, 0.25) is 5.91 Å². The molecule has 8 nitrogen and oxygen atoms in total. The van der Waals surface area contributed by atoms with E-state index in [0.29, 0.717) is 25.6 Å². The predicted octanol–water partition coefficient (Wildman–Crippen LogP) is 3.62. The number of benzene rings is 1. The molecule has 3 aromatic rings. The molecule has 5 rings (SSSR count). The minimum atomic E-state index is -1.22. The number of thioether (sulfide) groups is 2. The summed E-state index contributed by atoms with van der Waals surface area (Å²) in [5, 5.41) is 25.9. The number of nitrogens with one attached hydrogen (secondary N) is 1. The average Bonchev–Trinajstić information content (AvgIpc) is 3.34. The molecule has 0 saturated carbocycles. The zero-order valence-electron chi connectivity index (χ0n) is 18.4. The zero-order valence-corrected chi connectivity index (χ0v) is 21.6. The number of phenols is 1. The molecule has 0 radical (unpaired) electrons. The number of carbonyl (C=O) groups excluding carboxylic acids is 2. The summed E-state index contributed by atoms with van der Waals surface area (Å²) in [5.74, 6) is -1.52. The number of rotatable bonds is 7. The lowest BCUT2D eigenvalue weighted by Crippen LogP contribution is -2.70. The second-order valence-corrected chi connectivity index (χ2v) is 12.3. The van der Waals surface area contributed by atoms with Crippen LogP contribution in [0.15, 0.2) is 73.5 Å². The van der Waals surface area contributed by atoms with Crippen molar-refractivity contribution in [1.29, 1.82) is 0 Å². The van der Waals surface area contributed by atoms with Gasteiger partial charge in [-0.25, -0.2) is 4.79 Å². The highest BCUT2D eigenvalue weighted by atomic mass is 32.2. The molecule has 0 aliphatic carbocycles.